The van der Waals surface area contributed by atoms with Gasteiger partial charge in [-0.3, -0.25) is 24.0 Å². The molecule has 2 rings (SSSR count). The van der Waals surface area contributed by atoms with E-state index in [4.69, 9.17) is 14.2 Å². The summed E-state index contributed by atoms with van der Waals surface area (Å²) in [5.41, 5.74) is 1.54. The van der Waals surface area contributed by atoms with Crippen LogP contribution in [0.3, 0.4) is 0 Å². The molecule has 0 bridgehead atoms. The Hall–Kier alpha value is -3.39. The molecule has 13 nitrogen and oxygen atoms in total. The van der Waals surface area contributed by atoms with Gasteiger partial charge in [0.25, 0.3) is 0 Å². The quantitative estimate of drug-likeness (QED) is 0.161. The summed E-state index contributed by atoms with van der Waals surface area (Å²) in [5, 5.41) is 8.77. The molecule has 1 aliphatic heterocycles. The van der Waals surface area contributed by atoms with Crippen molar-refractivity contribution >= 4 is 29.4 Å². The Bertz CT molecular complexity index is 1350. The van der Waals surface area contributed by atoms with Gasteiger partial charge < -0.3 is 40.0 Å². The van der Waals surface area contributed by atoms with Crippen molar-refractivity contribution in [3.63, 3.8) is 0 Å². The molecule has 13 heteroatoms. The maximum absolute atomic E-state index is 14.3. The summed E-state index contributed by atoms with van der Waals surface area (Å²) in [4.78, 5) is 71.1. The van der Waals surface area contributed by atoms with Crippen molar-refractivity contribution in [3.05, 3.63) is 35.4 Å². The summed E-state index contributed by atoms with van der Waals surface area (Å²) >= 11 is 0. The molecule has 1 aromatic carbocycles. The summed E-state index contributed by atoms with van der Waals surface area (Å²) < 4.78 is 17.6. The molecular formula is C40H67N5O8. The number of rotatable bonds is 21. The highest BCUT2D eigenvalue weighted by Gasteiger charge is 2.45. The van der Waals surface area contributed by atoms with Crippen molar-refractivity contribution < 1.29 is 38.2 Å². The number of ketones is 1. The fourth-order valence-corrected chi connectivity index (χ4v) is 7.37. The SMILES string of the molecule is CC[C@H](C)[C@@H]([C@@H](CC(=O)N1C[C@H](OC)C[C@H]1[C@H](OC)[C@@H](C)C(=O)NCC(=O)c1ccc(C)cc1)OC)N(C)C(=O)[C@@H](NC(=O)[C@@H](NC)C(C)C)C(C)C. The minimum Gasteiger partial charge on any atom is -0.380 e. The zero-order valence-corrected chi connectivity index (χ0v) is 34.4. The van der Waals surface area contributed by atoms with Crippen molar-refractivity contribution in [2.24, 2.45) is 23.7 Å². The van der Waals surface area contributed by atoms with Crippen LogP contribution in [0.2, 0.25) is 0 Å². The molecule has 0 aromatic heterocycles. The third-order valence-corrected chi connectivity index (χ3v) is 10.9. The van der Waals surface area contributed by atoms with Crippen LogP contribution in [-0.4, -0.2) is 130 Å². The Morgan fingerprint density at radius 3 is 2.00 bits per heavy atom. The Morgan fingerprint density at radius 2 is 1.51 bits per heavy atom. The average Bonchev–Trinajstić information content (AvgIpc) is 3.56. The van der Waals surface area contributed by atoms with Crippen LogP contribution >= 0.6 is 0 Å². The number of benzene rings is 1. The first kappa shape index (κ1) is 45.8. The summed E-state index contributed by atoms with van der Waals surface area (Å²) in [6.45, 7) is 15.5. The molecular weight excluding hydrogens is 678 g/mol. The molecule has 1 heterocycles. The van der Waals surface area contributed by atoms with Crippen LogP contribution in [0.5, 0.6) is 0 Å². The largest absolute Gasteiger partial charge is 0.380 e. The first-order valence-corrected chi connectivity index (χ1v) is 19.0. The van der Waals surface area contributed by atoms with E-state index < -0.39 is 42.3 Å². The van der Waals surface area contributed by atoms with Crippen LogP contribution in [-0.2, 0) is 33.4 Å². The minimum absolute atomic E-state index is 0.0212. The van der Waals surface area contributed by atoms with E-state index in [1.165, 1.54) is 14.2 Å². The number of amides is 4. The van der Waals surface area contributed by atoms with E-state index in [9.17, 15) is 24.0 Å². The van der Waals surface area contributed by atoms with Gasteiger partial charge in [-0.1, -0.05) is 84.7 Å². The smallest absolute Gasteiger partial charge is 0.245 e. The molecule has 53 heavy (non-hydrogen) atoms. The van der Waals surface area contributed by atoms with Gasteiger partial charge in [0.15, 0.2) is 5.78 Å². The highest BCUT2D eigenvalue weighted by Crippen LogP contribution is 2.31. The Kier molecular flexibility index (Phi) is 18.6. The molecule has 0 unspecified atom stereocenters. The van der Waals surface area contributed by atoms with E-state index in [-0.39, 0.29) is 66.2 Å². The third kappa shape index (κ3) is 12.1. The number of aryl methyl sites for hydroxylation is 1. The number of hydrogen-bond acceptors (Lipinski definition) is 9. The van der Waals surface area contributed by atoms with Crippen LogP contribution in [0.15, 0.2) is 24.3 Å². The lowest BCUT2D eigenvalue weighted by atomic mass is 9.89. The van der Waals surface area contributed by atoms with E-state index in [1.807, 2.05) is 60.6 Å². The van der Waals surface area contributed by atoms with E-state index in [1.54, 1.807) is 50.1 Å². The molecule has 300 valence electrons. The number of nitrogens with one attached hydrogen (secondary N) is 3. The number of likely N-dealkylation sites (N-methyl/N-ethyl adjacent to an activating group) is 2. The summed E-state index contributed by atoms with van der Waals surface area (Å²) in [7, 11) is 8.07. The number of nitrogens with zero attached hydrogens (tertiary/aromatic N) is 2. The zero-order chi connectivity index (χ0) is 40.2. The van der Waals surface area contributed by atoms with Crippen molar-refractivity contribution in [3.8, 4) is 0 Å². The predicted molar refractivity (Wildman–Crippen MR) is 205 cm³/mol. The number of ether oxygens (including phenoxy) is 3. The number of methoxy groups -OCH3 is 3. The Balaban J connectivity index is 2.29. The lowest BCUT2D eigenvalue weighted by molar-refractivity contribution is -0.147. The fraction of sp³-hybridized carbons (Fsp3) is 0.725. The standard InChI is InChI=1S/C40H67N5O8/c1-14-26(7)36(44(10)40(50)35(24(4)5)43-39(49)34(41-9)23(2)3)32(52-12)20-33(47)45-22-29(51-11)19-30(45)37(53-13)27(8)38(48)42-21-31(46)28-17-15-25(6)16-18-28/h15-18,23-24,26-27,29-30,32,34-37,41H,14,19-22H2,1-13H3,(H,42,48)(H,43,49)/t26-,27+,29+,30-,32+,34-,35-,36-,37+/m0/s1. The Labute approximate surface area is 317 Å². The Morgan fingerprint density at radius 1 is 0.906 bits per heavy atom. The number of Topliss-reactive ketones (excluding diaryl/α,β-unsaturated/α-hetero) is 1. The zero-order valence-electron chi connectivity index (χ0n) is 34.4. The monoisotopic (exact) mass is 745 g/mol. The number of carbonyl (C=O) groups is 5. The molecule has 4 amide bonds. The lowest BCUT2D eigenvalue weighted by Crippen LogP contribution is -2.59. The molecule has 1 fully saturated rings. The highest BCUT2D eigenvalue weighted by atomic mass is 16.5. The summed E-state index contributed by atoms with van der Waals surface area (Å²) in [5.74, 6) is -2.22. The van der Waals surface area contributed by atoms with E-state index in [2.05, 4.69) is 16.0 Å². The second-order valence-electron chi connectivity index (χ2n) is 15.2. The number of hydrogen-bond donors (Lipinski definition) is 3. The topological polar surface area (TPSA) is 156 Å². The van der Waals surface area contributed by atoms with Gasteiger partial charge in [0, 0.05) is 40.5 Å². The van der Waals surface area contributed by atoms with Crippen molar-refractivity contribution in [2.45, 2.75) is 117 Å². The minimum atomic E-state index is -0.783. The molecule has 3 N–H and O–H groups in total. The van der Waals surface area contributed by atoms with E-state index in [0.29, 0.717) is 24.9 Å². The normalized spacial score (nSPS) is 19.9. The average molecular weight is 746 g/mol. The van der Waals surface area contributed by atoms with Crippen LogP contribution in [0.25, 0.3) is 0 Å². The molecule has 0 radical (unpaired) electrons. The van der Waals surface area contributed by atoms with Gasteiger partial charge in [0.05, 0.1) is 55.3 Å². The summed E-state index contributed by atoms with van der Waals surface area (Å²) in [6, 6.07) is 4.94. The second-order valence-corrected chi connectivity index (χ2v) is 15.2. The highest BCUT2D eigenvalue weighted by molar-refractivity contribution is 5.99. The molecule has 1 aromatic rings. The van der Waals surface area contributed by atoms with Gasteiger partial charge in [-0.25, -0.2) is 0 Å². The fourth-order valence-electron chi connectivity index (χ4n) is 7.37. The van der Waals surface area contributed by atoms with Gasteiger partial charge in [-0.2, -0.15) is 0 Å². The van der Waals surface area contributed by atoms with Crippen LogP contribution in [0, 0.1) is 30.6 Å². The second kappa shape index (κ2) is 21.5. The van der Waals surface area contributed by atoms with E-state index in [0.717, 1.165) is 5.56 Å². The maximum atomic E-state index is 14.3. The van der Waals surface area contributed by atoms with Crippen molar-refractivity contribution in [1.29, 1.82) is 0 Å². The first-order valence-electron chi connectivity index (χ1n) is 19.0. The third-order valence-electron chi connectivity index (χ3n) is 10.9. The van der Waals surface area contributed by atoms with Gasteiger partial charge in [0.2, 0.25) is 23.6 Å². The number of carbonyl (C=O) groups excluding carboxylic acids is 5. The lowest BCUT2D eigenvalue weighted by Gasteiger charge is -2.41. The first-order chi connectivity index (χ1) is 25.0. The molecule has 0 saturated carbocycles. The van der Waals surface area contributed by atoms with Gasteiger partial charge in [0.1, 0.15) is 6.04 Å². The summed E-state index contributed by atoms with van der Waals surface area (Å²) in [6.07, 6.45) is -0.512. The molecule has 1 saturated heterocycles. The molecule has 0 spiro atoms. The molecule has 0 aliphatic carbocycles. The van der Waals surface area contributed by atoms with Crippen LogP contribution in [0.1, 0.15) is 83.7 Å². The van der Waals surface area contributed by atoms with Crippen molar-refractivity contribution in [1.82, 2.24) is 25.8 Å². The number of likely N-dealkylation sites (tertiary alicyclic amines) is 1. The van der Waals surface area contributed by atoms with Gasteiger partial charge in [-0.15, -0.1) is 0 Å². The van der Waals surface area contributed by atoms with E-state index >= 15 is 0 Å². The predicted octanol–water partition coefficient (Wildman–Crippen LogP) is 3.22. The molecule has 1 aliphatic rings. The van der Waals surface area contributed by atoms with Crippen molar-refractivity contribution in [2.75, 3.05) is 48.5 Å². The van der Waals surface area contributed by atoms with Crippen LogP contribution in [0.4, 0.5) is 0 Å². The van der Waals surface area contributed by atoms with Gasteiger partial charge >= 0.3 is 0 Å². The maximum Gasteiger partial charge on any atom is 0.245 e. The van der Waals surface area contributed by atoms with Crippen LogP contribution < -0.4 is 16.0 Å². The van der Waals surface area contributed by atoms with Gasteiger partial charge in [-0.05, 0) is 38.1 Å². The molecule has 9 atom stereocenters.